The van der Waals surface area contributed by atoms with Crippen LogP contribution in [-0.4, -0.2) is 44.4 Å². The summed E-state index contributed by atoms with van der Waals surface area (Å²) < 4.78 is 27.6. The Bertz CT molecular complexity index is 936. The summed E-state index contributed by atoms with van der Waals surface area (Å²) in [6.07, 6.45) is 0. The van der Waals surface area contributed by atoms with E-state index in [1.807, 2.05) is 0 Å². The molecule has 7 nitrogen and oxygen atoms in total. The zero-order valence-corrected chi connectivity index (χ0v) is 14.8. The fraction of sp³-hybridized carbons (Fsp3) is 0.176. The largest absolute Gasteiger partial charge is 0.478 e. The maximum absolute atomic E-state index is 12.6. The van der Waals surface area contributed by atoms with Crippen molar-refractivity contribution < 1.29 is 23.1 Å². The molecule has 1 amide bonds. The van der Waals surface area contributed by atoms with E-state index in [0.29, 0.717) is 11.1 Å². The van der Waals surface area contributed by atoms with Gasteiger partial charge in [-0.3, -0.25) is 9.52 Å². The van der Waals surface area contributed by atoms with Crippen LogP contribution in [0.5, 0.6) is 0 Å². The minimum Gasteiger partial charge on any atom is -0.478 e. The highest BCUT2D eigenvalue weighted by Gasteiger charge is 2.20. The maximum Gasteiger partial charge on any atom is 0.335 e. The predicted molar refractivity (Wildman–Crippen MR) is 93.4 cm³/mol. The Hall–Kier alpha value is -2.87. The number of carboxylic acids is 1. The van der Waals surface area contributed by atoms with E-state index >= 15 is 0 Å². The van der Waals surface area contributed by atoms with Crippen LogP contribution in [0.4, 0.5) is 5.69 Å². The highest BCUT2D eigenvalue weighted by Crippen LogP contribution is 2.22. The van der Waals surface area contributed by atoms with E-state index < -0.39 is 16.0 Å². The van der Waals surface area contributed by atoms with Crippen LogP contribution in [0.15, 0.2) is 47.4 Å². The van der Waals surface area contributed by atoms with Crippen molar-refractivity contribution >= 4 is 27.6 Å². The summed E-state index contributed by atoms with van der Waals surface area (Å²) in [6, 6.07) is 9.97. The van der Waals surface area contributed by atoms with Gasteiger partial charge in [0.25, 0.3) is 15.9 Å². The minimum absolute atomic E-state index is 0.123. The van der Waals surface area contributed by atoms with Crippen LogP contribution in [0, 0.1) is 6.92 Å². The van der Waals surface area contributed by atoms with Crippen molar-refractivity contribution in [3.8, 4) is 0 Å². The van der Waals surface area contributed by atoms with Crippen molar-refractivity contribution in [3.63, 3.8) is 0 Å². The van der Waals surface area contributed by atoms with Gasteiger partial charge in [-0.25, -0.2) is 13.2 Å². The smallest absolute Gasteiger partial charge is 0.335 e. The molecule has 25 heavy (non-hydrogen) atoms. The van der Waals surface area contributed by atoms with Gasteiger partial charge in [0.1, 0.15) is 0 Å². The third-order valence-electron chi connectivity index (χ3n) is 3.49. The Morgan fingerprint density at radius 1 is 1.04 bits per heavy atom. The number of carboxylic acid groups (broad SMARTS) is 1. The van der Waals surface area contributed by atoms with E-state index in [-0.39, 0.29) is 22.1 Å². The molecule has 2 rings (SSSR count). The zero-order valence-electron chi connectivity index (χ0n) is 14.0. The first-order valence-corrected chi connectivity index (χ1v) is 8.78. The number of rotatable bonds is 5. The lowest BCUT2D eigenvalue weighted by Gasteiger charge is -2.13. The molecule has 0 saturated heterocycles. The van der Waals surface area contributed by atoms with Crippen LogP contribution >= 0.6 is 0 Å². The molecular weight excluding hydrogens is 344 g/mol. The van der Waals surface area contributed by atoms with E-state index in [2.05, 4.69) is 4.72 Å². The normalized spacial score (nSPS) is 11.0. The monoisotopic (exact) mass is 362 g/mol. The SMILES string of the molecule is Cc1ccc(C(=O)O)cc1S(=O)(=O)Nc1cccc(C(=O)N(C)C)c1. The van der Waals surface area contributed by atoms with Crippen LogP contribution in [0.1, 0.15) is 26.3 Å². The molecule has 0 aliphatic heterocycles. The quantitative estimate of drug-likeness (QED) is 0.848. The summed E-state index contributed by atoms with van der Waals surface area (Å²) in [5.41, 5.74) is 0.842. The molecule has 0 bridgehead atoms. The molecule has 2 N–H and O–H groups in total. The van der Waals surface area contributed by atoms with Gasteiger partial charge >= 0.3 is 5.97 Å². The summed E-state index contributed by atoms with van der Waals surface area (Å²) in [5.74, 6) is -1.47. The average molecular weight is 362 g/mol. The molecule has 0 aliphatic rings. The first-order chi connectivity index (χ1) is 11.6. The highest BCUT2D eigenvalue weighted by atomic mass is 32.2. The second kappa shape index (κ2) is 6.94. The third kappa shape index (κ3) is 4.16. The molecule has 132 valence electrons. The second-order valence-electron chi connectivity index (χ2n) is 5.67. The molecule has 0 spiro atoms. The molecule has 0 atom stereocenters. The summed E-state index contributed by atoms with van der Waals surface area (Å²) >= 11 is 0. The van der Waals surface area contributed by atoms with Gasteiger partial charge in [0.15, 0.2) is 0 Å². The molecule has 0 unspecified atom stereocenters. The first-order valence-electron chi connectivity index (χ1n) is 7.30. The van der Waals surface area contributed by atoms with E-state index in [1.54, 1.807) is 33.2 Å². The maximum atomic E-state index is 12.6. The predicted octanol–water partition coefficient (Wildman–Crippen LogP) is 2.20. The number of nitrogens with one attached hydrogen (secondary N) is 1. The van der Waals surface area contributed by atoms with E-state index in [0.717, 1.165) is 6.07 Å². The van der Waals surface area contributed by atoms with Crippen molar-refractivity contribution in [1.29, 1.82) is 0 Å². The molecule has 0 saturated carbocycles. The number of nitrogens with zero attached hydrogens (tertiary/aromatic N) is 1. The summed E-state index contributed by atoms with van der Waals surface area (Å²) in [7, 11) is -0.807. The number of carbonyl (C=O) groups excluding carboxylic acids is 1. The van der Waals surface area contributed by atoms with Gasteiger partial charge in [0, 0.05) is 25.3 Å². The molecule has 0 fully saturated rings. The van der Waals surface area contributed by atoms with Gasteiger partial charge in [-0.1, -0.05) is 12.1 Å². The lowest BCUT2D eigenvalue weighted by molar-refractivity contribution is 0.0696. The van der Waals surface area contributed by atoms with Gasteiger partial charge in [-0.05, 0) is 42.8 Å². The van der Waals surface area contributed by atoms with E-state index in [1.165, 1.54) is 29.2 Å². The molecule has 0 radical (unpaired) electrons. The number of benzene rings is 2. The van der Waals surface area contributed by atoms with Crippen LogP contribution in [-0.2, 0) is 10.0 Å². The zero-order chi connectivity index (χ0) is 18.8. The average Bonchev–Trinajstić information content (AvgIpc) is 2.53. The van der Waals surface area contributed by atoms with Crippen molar-refractivity contribution in [3.05, 3.63) is 59.2 Å². The van der Waals surface area contributed by atoms with Gasteiger partial charge in [0.05, 0.1) is 10.5 Å². The number of aromatic carboxylic acids is 1. The summed E-state index contributed by atoms with van der Waals surface area (Å²) in [6.45, 7) is 1.58. The van der Waals surface area contributed by atoms with Crippen molar-refractivity contribution in [2.75, 3.05) is 18.8 Å². The fourth-order valence-corrected chi connectivity index (χ4v) is 3.53. The van der Waals surface area contributed by atoms with Gasteiger partial charge in [-0.2, -0.15) is 0 Å². The lowest BCUT2D eigenvalue weighted by Crippen LogP contribution is -2.22. The molecule has 8 heteroatoms. The third-order valence-corrected chi connectivity index (χ3v) is 5.02. The summed E-state index contributed by atoms with van der Waals surface area (Å²) in [4.78, 5) is 24.3. The van der Waals surface area contributed by atoms with Gasteiger partial charge in [-0.15, -0.1) is 0 Å². The minimum atomic E-state index is -4.00. The number of hydrogen-bond donors (Lipinski definition) is 2. The van der Waals surface area contributed by atoms with Gasteiger partial charge in [0.2, 0.25) is 0 Å². The molecule has 0 aromatic heterocycles. The fourth-order valence-electron chi connectivity index (χ4n) is 2.21. The molecule has 0 heterocycles. The standard InChI is InChI=1S/C17H18N2O5S/c1-11-7-8-13(17(21)22)10-15(11)25(23,24)18-14-6-4-5-12(9-14)16(20)19(2)3/h4-10,18H,1-3H3,(H,21,22). The van der Waals surface area contributed by atoms with Crippen LogP contribution in [0.2, 0.25) is 0 Å². The Morgan fingerprint density at radius 3 is 2.32 bits per heavy atom. The lowest BCUT2D eigenvalue weighted by atomic mass is 10.1. The molecule has 2 aromatic rings. The van der Waals surface area contributed by atoms with Crippen LogP contribution in [0.3, 0.4) is 0 Å². The number of aryl methyl sites for hydroxylation is 1. The Balaban J connectivity index is 2.40. The first kappa shape index (κ1) is 18.5. The number of amides is 1. The second-order valence-corrected chi connectivity index (χ2v) is 7.32. The van der Waals surface area contributed by atoms with Crippen molar-refractivity contribution in [1.82, 2.24) is 4.90 Å². The number of hydrogen-bond acceptors (Lipinski definition) is 4. The number of carbonyl (C=O) groups is 2. The number of sulfonamides is 1. The van der Waals surface area contributed by atoms with Crippen LogP contribution in [0.25, 0.3) is 0 Å². The molecule has 2 aromatic carbocycles. The highest BCUT2D eigenvalue weighted by molar-refractivity contribution is 7.92. The Kier molecular flexibility index (Phi) is 5.13. The number of anilines is 1. The Labute approximate surface area is 146 Å². The molecule has 0 aliphatic carbocycles. The van der Waals surface area contributed by atoms with Crippen molar-refractivity contribution in [2.24, 2.45) is 0 Å². The summed E-state index contributed by atoms with van der Waals surface area (Å²) in [5, 5.41) is 9.05. The Morgan fingerprint density at radius 2 is 1.72 bits per heavy atom. The van der Waals surface area contributed by atoms with Crippen molar-refractivity contribution in [2.45, 2.75) is 11.8 Å². The van der Waals surface area contributed by atoms with E-state index in [4.69, 9.17) is 5.11 Å². The topological polar surface area (TPSA) is 104 Å². The van der Waals surface area contributed by atoms with Crippen LogP contribution < -0.4 is 4.72 Å². The molecular formula is C17H18N2O5S. The van der Waals surface area contributed by atoms with E-state index in [9.17, 15) is 18.0 Å². The van der Waals surface area contributed by atoms with Gasteiger partial charge < -0.3 is 10.0 Å².